The van der Waals surface area contributed by atoms with Gasteiger partial charge >= 0.3 is 0 Å². The third kappa shape index (κ3) is 5.41. The highest BCUT2D eigenvalue weighted by molar-refractivity contribution is 5.96. The minimum absolute atomic E-state index is 0.0363. The molecule has 3 aromatic rings. The maximum Gasteiger partial charge on any atom is 0.253 e. The Kier molecular flexibility index (Phi) is 7.45. The number of rotatable bonds is 7. The molecule has 2 aliphatic rings. The Hall–Kier alpha value is -4.08. The molecule has 0 saturated carbocycles. The molecule has 2 N–H and O–H groups in total. The molecule has 5 rings (SSSR count). The van der Waals surface area contributed by atoms with Crippen LogP contribution in [-0.2, 0) is 6.54 Å². The number of hydrogen-bond donors (Lipinski definition) is 2. The van der Waals surface area contributed by atoms with E-state index in [4.69, 9.17) is 4.74 Å². The van der Waals surface area contributed by atoms with Crippen LogP contribution < -0.4 is 20.3 Å². The maximum absolute atomic E-state index is 13.9. The number of amides is 2. The Labute approximate surface area is 224 Å². The van der Waals surface area contributed by atoms with E-state index in [0.717, 1.165) is 37.1 Å². The SMILES string of the molecule is COc1cccc(C(=O)NC2C[C@H]3CC[C@@H](C2)N3c2ccc(C(=O)NCc3c(F)cc(F)cc3F)cn2)c1C. The molecule has 1 aromatic heterocycles. The number of aromatic nitrogens is 1. The van der Waals surface area contributed by atoms with Crippen molar-refractivity contribution in [2.45, 2.75) is 57.3 Å². The van der Waals surface area contributed by atoms with Gasteiger partial charge in [0.1, 0.15) is 29.0 Å². The van der Waals surface area contributed by atoms with E-state index in [1.165, 1.54) is 6.20 Å². The summed E-state index contributed by atoms with van der Waals surface area (Å²) >= 11 is 0. The molecule has 10 heteroatoms. The first-order valence-electron chi connectivity index (χ1n) is 12.9. The zero-order valence-electron chi connectivity index (χ0n) is 21.6. The highest BCUT2D eigenvalue weighted by Crippen LogP contribution is 2.38. The number of nitrogens with zero attached hydrogens (tertiary/aromatic N) is 2. The van der Waals surface area contributed by atoms with Crippen molar-refractivity contribution in [2.24, 2.45) is 0 Å². The summed E-state index contributed by atoms with van der Waals surface area (Å²) in [5.41, 5.74) is 1.23. The quantitative estimate of drug-likeness (QED) is 0.457. The molecule has 0 aliphatic carbocycles. The molecule has 3 heterocycles. The van der Waals surface area contributed by atoms with Gasteiger partial charge in [0.25, 0.3) is 11.8 Å². The maximum atomic E-state index is 13.9. The van der Waals surface area contributed by atoms with Crippen molar-refractivity contribution < 1.29 is 27.5 Å². The van der Waals surface area contributed by atoms with E-state index in [1.54, 1.807) is 25.3 Å². The highest BCUT2D eigenvalue weighted by atomic mass is 19.1. The summed E-state index contributed by atoms with van der Waals surface area (Å²) in [7, 11) is 1.58. The van der Waals surface area contributed by atoms with Crippen molar-refractivity contribution in [3.8, 4) is 5.75 Å². The third-order valence-corrected chi connectivity index (χ3v) is 7.62. The van der Waals surface area contributed by atoms with E-state index < -0.39 is 35.5 Å². The van der Waals surface area contributed by atoms with E-state index in [2.05, 4.69) is 20.5 Å². The predicted molar refractivity (Wildman–Crippen MR) is 139 cm³/mol. The van der Waals surface area contributed by atoms with Crippen LogP contribution >= 0.6 is 0 Å². The molecule has 0 spiro atoms. The Balaban J connectivity index is 1.20. The van der Waals surface area contributed by atoms with Crippen molar-refractivity contribution in [2.75, 3.05) is 12.0 Å². The number of methoxy groups -OCH3 is 1. The molecule has 2 bridgehead atoms. The fraction of sp³-hybridized carbons (Fsp3) is 0.345. The molecule has 0 radical (unpaired) electrons. The fourth-order valence-electron chi connectivity index (χ4n) is 5.70. The normalized spacial score (nSPS) is 20.0. The lowest BCUT2D eigenvalue weighted by molar-refractivity contribution is 0.0923. The number of ether oxygens (including phenoxy) is 1. The lowest BCUT2D eigenvalue weighted by atomic mass is 9.96. The van der Waals surface area contributed by atoms with Gasteiger partial charge in [-0.2, -0.15) is 0 Å². The summed E-state index contributed by atoms with van der Waals surface area (Å²) in [6.07, 6.45) is 4.96. The van der Waals surface area contributed by atoms with Crippen LogP contribution in [0, 0.1) is 24.4 Å². The van der Waals surface area contributed by atoms with Gasteiger partial charge in [-0.25, -0.2) is 18.2 Å². The predicted octanol–water partition coefficient (Wildman–Crippen LogP) is 4.68. The van der Waals surface area contributed by atoms with E-state index in [0.29, 0.717) is 23.4 Å². The largest absolute Gasteiger partial charge is 0.496 e. The second-order valence-electron chi connectivity index (χ2n) is 10.0. The molecule has 2 fully saturated rings. The summed E-state index contributed by atoms with van der Waals surface area (Å²) in [4.78, 5) is 32.3. The molecule has 204 valence electrons. The van der Waals surface area contributed by atoms with Crippen molar-refractivity contribution in [3.63, 3.8) is 0 Å². The number of piperidine rings is 1. The molecular weight excluding hydrogens is 509 g/mol. The smallest absolute Gasteiger partial charge is 0.253 e. The van der Waals surface area contributed by atoms with Gasteiger partial charge in [-0.1, -0.05) is 6.07 Å². The number of hydrogen-bond acceptors (Lipinski definition) is 5. The van der Waals surface area contributed by atoms with Crippen molar-refractivity contribution in [1.29, 1.82) is 0 Å². The lowest BCUT2D eigenvalue weighted by Crippen LogP contribution is -2.50. The molecule has 2 aromatic carbocycles. The average Bonchev–Trinajstić information content (AvgIpc) is 3.18. The van der Waals surface area contributed by atoms with Gasteiger partial charge in [0.15, 0.2) is 0 Å². The topological polar surface area (TPSA) is 83.6 Å². The van der Waals surface area contributed by atoms with Crippen LogP contribution in [0.2, 0.25) is 0 Å². The molecular formula is C29H29F3N4O3. The minimum Gasteiger partial charge on any atom is -0.496 e. The number of carbonyl (C=O) groups excluding carboxylic acids is 2. The van der Waals surface area contributed by atoms with Crippen LogP contribution in [0.5, 0.6) is 5.75 Å². The number of benzene rings is 2. The molecule has 2 saturated heterocycles. The van der Waals surface area contributed by atoms with E-state index in [-0.39, 0.29) is 29.6 Å². The average molecular weight is 539 g/mol. The number of fused-ring (bicyclic) bond motifs is 2. The van der Waals surface area contributed by atoms with E-state index in [9.17, 15) is 22.8 Å². The lowest BCUT2D eigenvalue weighted by Gasteiger charge is -2.40. The van der Waals surface area contributed by atoms with Crippen molar-refractivity contribution in [3.05, 3.63) is 88.4 Å². The first kappa shape index (κ1) is 26.5. The second-order valence-corrected chi connectivity index (χ2v) is 10.0. The molecule has 3 atom stereocenters. The van der Waals surface area contributed by atoms with Crippen LogP contribution in [0.25, 0.3) is 0 Å². The number of carbonyl (C=O) groups is 2. The third-order valence-electron chi connectivity index (χ3n) is 7.62. The van der Waals surface area contributed by atoms with Gasteiger partial charge in [-0.3, -0.25) is 9.59 Å². The molecule has 39 heavy (non-hydrogen) atoms. The number of anilines is 1. The first-order valence-corrected chi connectivity index (χ1v) is 12.9. The zero-order chi connectivity index (χ0) is 27.7. The standard InChI is InChI=1S/C29H29F3N4O3/c1-16-22(4-3-5-26(16)39-2)29(38)35-19-12-20-7-8-21(13-19)36(20)27-9-6-17(14-33-27)28(37)34-15-23-24(31)10-18(30)11-25(23)32/h3-6,9-11,14,19-21H,7-8,12-13,15H2,1-2H3,(H,34,37)(H,35,38)/t19?,20-,21+. The second kappa shape index (κ2) is 11.0. The van der Waals surface area contributed by atoms with Crippen LogP contribution in [0.4, 0.5) is 19.0 Å². The molecule has 1 unspecified atom stereocenters. The van der Waals surface area contributed by atoms with E-state index >= 15 is 0 Å². The monoisotopic (exact) mass is 538 g/mol. The van der Waals surface area contributed by atoms with Crippen LogP contribution in [-0.4, -0.2) is 42.0 Å². The van der Waals surface area contributed by atoms with Gasteiger partial charge in [0.2, 0.25) is 0 Å². The summed E-state index contributed by atoms with van der Waals surface area (Å²) < 4.78 is 46.2. The minimum atomic E-state index is -1.06. The van der Waals surface area contributed by atoms with Gasteiger partial charge in [-0.05, 0) is 56.9 Å². The highest BCUT2D eigenvalue weighted by Gasteiger charge is 2.42. The summed E-state index contributed by atoms with van der Waals surface area (Å²) in [6.45, 7) is 1.45. The van der Waals surface area contributed by atoms with Gasteiger partial charge in [0, 0.05) is 59.7 Å². The van der Waals surface area contributed by atoms with Crippen molar-refractivity contribution >= 4 is 17.6 Å². The Morgan fingerprint density at radius 3 is 2.33 bits per heavy atom. The van der Waals surface area contributed by atoms with Gasteiger partial charge < -0.3 is 20.3 Å². The van der Waals surface area contributed by atoms with Gasteiger partial charge in [-0.15, -0.1) is 0 Å². The number of halogens is 3. The summed E-state index contributed by atoms with van der Waals surface area (Å²) in [5, 5.41) is 5.64. The van der Waals surface area contributed by atoms with Gasteiger partial charge in [0.05, 0.1) is 12.7 Å². The number of nitrogens with one attached hydrogen (secondary N) is 2. The molecule has 7 nitrogen and oxygen atoms in total. The zero-order valence-corrected chi connectivity index (χ0v) is 21.6. The fourth-order valence-corrected chi connectivity index (χ4v) is 5.70. The van der Waals surface area contributed by atoms with E-state index in [1.807, 2.05) is 19.1 Å². The van der Waals surface area contributed by atoms with Crippen LogP contribution in [0.3, 0.4) is 0 Å². The Morgan fingerprint density at radius 2 is 1.72 bits per heavy atom. The summed E-state index contributed by atoms with van der Waals surface area (Å²) in [6, 6.07) is 10.4. The molecule has 2 amide bonds. The van der Waals surface area contributed by atoms with Crippen molar-refractivity contribution in [1.82, 2.24) is 15.6 Å². The number of pyridine rings is 1. The summed E-state index contributed by atoms with van der Waals surface area (Å²) in [5.74, 6) is -2.39. The Bertz CT molecular complexity index is 1360. The van der Waals surface area contributed by atoms with Crippen LogP contribution in [0.1, 0.15) is 57.5 Å². The van der Waals surface area contributed by atoms with Crippen LogP contribution in [0.15, 0.2) is 48.7 Å². The Morgan fingerprint density at radius 1 is 1.03 bits per heavy atom. The molecule has 2 aliphatic heterocycles. The first-order chi connectivity index (χ1) is 18.7.